The number of aromatic amines is 1. The van der Waals surface area contributed by atoms with Gasteiger partial charge in [0.25, 0.3) is 0 Å². The number of nitrogens with zero attached hydrogens (tertiary/aromatic N) is 12. The summed E-state index contributed by atoms with van der Waals surface area (Å²) in [6, 6.07) is 9.88. The second kappa shape index (κ2) is 27.3. The Hall–Kier alpha value is -5.83. The molecule has 2 aromatic carbocycles. The van der Waals surface area contributed by atoms with Crippen LogP contribution in [0.25, 0.3) is 22.4 Å². The highest BCUT2D eigenvalue weighted by Gasteiger charge is 2.55. The van der Waals surface area contributed by atoms with Gasteiger partial charge in [-0.2, -0.15) is 0 Å². The van der Waals surface area contributed by atoms with E-state index in [4.69, 9.17) is 72.5 Å². The Morgan fingerprint density at radius 3 is 1.78 bits per heavy atom. The predicted molar refractivity (Wildman–Crippen MR) is 304 cm³/mol. The fourth-order valence-corrected chi connectivity index (χ4v) is 11.6. The number of hydrogen-bond donors (Lipinski definition) is 13. The number of benzene rings is 2. The quantitative estimate of drug-likeness (QED) is 0.0267. The number of rotatable bonds is 23. The van der Waals surface area contributed by atoms with Crippen molar-refractivity contribution in [1.82, 2.24) is 59.8 Å². The molecule has 5 aliphatic rings. The van der Waals surface area contributed by atoms with Crippen LogP contribution in [-0.4, -0.2) is 253 Å². The standard InChI is InChI=1S/C54H81N19O13/c1-69-12-14-70(15-13-69)31-8-11-35-36(18-31)62-51(61-35)27-6-9-32(10-7-27)80-26-30-24-72(67-65-30)17-16-71-22-28(63-66-71)4-2-3-5-29-23-73(68-64-29)25-39-49(85-53-41(60)46(78)44(76)38(21-56)82-53)47(79)54(83-39)86-50-42(74)33(57)19-34(58)48(50)84-52-40(59)45(77)43(75)37(20-55)81-52/h6-11,18,22-24,33-34,37-50,52-54,74-79H,2-5,12-17,19-21,25-26,55-60H2,1H3,(H,61,62)/t33-,34?,37?,38+,39-,40?,41?,42?,43-,44-,45-,46?,47+,48+,49+,50-,52+,53-,54?/m1/s1. The first-order chi connectivity index (χ1) is 41.5. The number of anilines is 1. The molecule has 0 amide bonds. The average molecular weight is 1200 g/mol. The summed E-state index contributed by atoms with van der Waals surface area (Å²) >= 11 is 0. The predicted octanol–water partition coefficient (Wildman–Crippen LogP) is -5.27. The van der Waals surface area contributed by atoms with Gasteiger partial charge in [-0.25, -0.2) is 9.67 Å². The Kier molecular flexibility index (Phi) is 19.6. The molecular weight excluding hydrogens is 1120 g/mol. The molecule has 4 aliphatic heterocycles. The fourth-order valence-electron chi connectivity index (χ4n) is 11.6. The Morgan fingerprint density at radius 1 is 0.593 bits per heavy atom. The summed E-state index contributed by atoms with van der Waals surface area (Å²) in [7, 11) is 2.16. The molecule has 1 saturated carbocycles. The zero-order valence-corrected chi connectivity index (χ0v) is 47.7. The number of hydrogen-bond acceptors (Lipinski definition) is 28. The molecule has 4 aromatic heterocycles. The van der Waals surface area contributed by atoms with Crippen LogP contribution in [0.15, 0.2) is 61.1 Å². The molecule has 1 aliphatic carbocycles. The third-order valence-corrected chi connectivity index (χ3v) is 16.8. The van der Waals surface area contributed by atoms with Crippen LogP contribution in [0.1, 0.15) is 36.3 Å². The number of unbranched alkanes of at least 4 members (excludes halogenated alkanes) is 1. The lowest BCUT2D eigenvalue weighted by Crippen LogP contribution is -2.68. The number of aromatic nitrogens is 11. The van der Waals surface area contributed by atoms with Gasteiger partial charge in [-0.3, -0.25) is 9.36 Å². The second-order valence-corrected chi connectivity index (χ2v) is 23.0. The molecule has 7 unspecified atom stereocenters. The fraction of sp³-hybridized carbons (Fsp3) is 0.648. The normalized spacial score (nSPS) is 33.7. The lowest BCUT2D eigenvalue weighted by atomic mass is 9.84. The van der Waals surface area contributed by atoms with Crippen molar-refractivity contribution in [2.45, 2.75) is 175 Å². The smallest absolute Gasteiger partial charge is 0.187 e. The van der Waals surface area contributed by atoms with Crippen LogP contribution in [-0.2, 0) is 67.5 Å². The molecule has 470 valence electrons. The Labute approximate surface area is 494 Å². The van der Waals surface area contributed by atoms with E-state index >= 15 is 0 Å². The number of nitrogens with one attached hydrogen (secondary N) is 1. The molecule has 19 atom stereocenters. The van der Waals surface area contributed by atoms with E-state index in [1.165, 1.54) is 10.4 Å². The number of fused-ring (bicyclic) bond motifs is 1. The summed E-state index contributed by atoms with van der Waals surface area (Å²) in [5, 5.41) is 91.9. The molecule has 8 heterocycles. The second-order valence-electron chi connectivity index (χ2n) is 23.0. The first kappa shape index (κ1) is 61.8. The van der Waals surface area contributed by atoms with Gasteiger partial charge in [-0.1, -0.05) is 15.6 Å². The number of H-pyrrole nitrogens is 1. The summed E-state index contributed by atoms with van der Waals surface area (Å²) in [5.41, 5.74) is 43.3. The number of likely N-dealkylation sites (N-methyl/N-ethyl adjacent to an activating group) is 1. The van der Waals surface area contributed by atoms with Crippen molar-refractivity contribution < 1.29 is 63.8 Å². The summed E-state index contributed by atoms with van der Waals surface area (Å²) in [6.45, 7) is 4.99. The molecular formula is C54H81N19O13. The van der Waals surface area contributed by atoms with Gasteiger partial charge in [0.15, 0.2) is 18.9 Å². The molecule has 0 radical (unpaired) electrons. The molecule has 0 spiro atoms. The van der Waals surface area contributed by atoms with E-state index in [1.807, 2.05) is 36.7 Å². The van der Waals surface area contributed by atoms with Crippen molar-refractivity contribution >= 4 is 16.7 Å². The van der Waals surface area contributed by atoms with E-state index in [1.54, 1.807) is 15.6 Å². The van der Waals surface area contributed by atoms with Crippen LogP contribution in [0.3, 0.4) is 0 Å². The average Bonchev–Trinajstić information content (AvgIpc) is 2.37. The molecule has 4 saturated heterocycles. The number of aryl methyl sites for hydroxylation is 4. The third kappa shape index (κ3) is 13.9. The summed E-state index contributed by atoms with van der Waals surface area (Å²) in [5.74, 6) is 1.50. The number of nitrogens with two attached hydrogens (primary N) is 6. The Morgan fingerprint density at radius 2 is 1.15 bits per heavy atom. The van der Waals surface area contributed by atoms with Crippen LogP contribution in [0, 0.1) is 0 Å². The minimum atomic E-state index is -1.62. The number of aliphatic hydroxyl groups is 6. The number of piperazine rings is 1. The first-order valence-electron chi connectivity index (χ1n) is 29.3. The number of imidazole rings is 1. The van der Waals surface area contributed by atoms with Gasteiger partial charge in [-0.15, -0.1) is 15.3 Å². The summed E-state index contributed by atoms with van der Waals surface area (Å²) < 4.78 is 47.9. The van der Waals surface area contributed by atoms with Crippen molar-refractivity contribution in [1.29, 1.82) is 0 Å². The maximum Gasteiger partial charge on any atom is 0.187 e. The van der Waals surface area contributed by atoms with Gasteiger partial charge in [-0.05, 0) is 81.6 Å². The van der Waals surface area contributed by atoms with E-state index in [9.17, 15) is 30.6 Å². The van der Waals surface area contributed by atoms with Crippen LogP contribution in [0.4, 0.5) is 5.69 Å². The van der Waals surface area contributed by atoms with Crippen molar-refractivity contribution in [3.8, 4) is 17.1 Å². The zero-order chi connectivity index (χ0) is 60.3. The SMILES string of the molecule is CN1CCN(c2ccc3nc(-c4ccc(OCc5cn(CCn6cc(CCCCc7cn(C[C@H]8OC(O[C@@H]9C(O)[C@H](N)CC(N)[C@@H]9O[C@@H]9OC(CN)[C@@H](O)[C@H](O)C9N)[C@@H](O)[C@H]8O[C@H]8O[C@@H](CN)[C@@H](O)C(O)C8N)nn7)nn6)nn5)cc4)[nH]c3c2)CC1. The van der Waals surface area contributed by atoms with Gasteiger partial charge in [0.2, 0.25) is 0 Å². The zero-order valence-electron chi connectivity index (χ0n) is 47.7. The van der Waals surface area contributed by atoms with Crippen molar-refractivity contribution in [3.05, 3.63) is 78.1 Å². The highest BCUT2D eigenvalue weighted by atomic mass is 16.8. The molecule has 19 N–H and O–H groups in total. The summed E-state index contributed by atoms with van der Waals surface area (Å²) in [6.07, 6.45) is -11.8. The van der Waals surface area contributed by atoms with Gasteiger partial charge in [0, 0.05) is 75.0 Å². The van der Waals surface area contributed by atoms with Gasteiger partial charge in [0.05, 0.1) is 66.4 Å². The molecule has 6 aromatic rings. The lowest BCUT2D eigenvalue weighted by molar-refractivity contribution is -0.306. The monoisotopic (exact) mass is 1200 g/mol. The molecule has 5 fully saturated rings. The van der Waals surface area contributed by atoms with E-state index < -0.39 is 116 Å². The maximum absolute atomic E-state index is 12.0. The molecule has 32 heteroatoms. The molecule has 11 rings (SSSR count). The van der Waals surface area contributed by atoms with Crippen LogP contribution in [0.2, 0.25) is 0 Å². The van der Waals surface area contributed by atoms with Crippen molar-refractivity contribution in [2.24, 2.45) is 34.4 Å². The molecule has 0 bridgehead atoms. The van der Waals surface area contributed by atoms with Gasteiger partial charge in [0.1, 0.15) is 91.0 Å². The number of aliphatic hydroxyl groups excluding tert-OH is 6. The highest BCUT2D eigenvalue weighted by molar-refractivity contribution is 5.83. The maximum atomic E-state index is 12.0. The van der Waals surface area contributed by atoms with Gasteiger partial charge < -0.3 is 113 Å². The van der Waals surface area contributed by atoms with Crippen molar-refractivity contribution in [3.63, 3.8) is 0 Å². The topological polar surface area (TPSA) is 469 Å². The minimum Gasteiger partial charge on any atom is -0.487 e. The Bertz CT molecular complexity index is 3110. The van der Waals surface area contributed by atoms with E-state index in [0.29, 0.717) is 43.1 Å². The van der Waals surface area contributed by atoms with Gasteiger partial charge >= 0.3 is 0 Å². The van der Waals surface area contributed by atoms with Crippen LogP contribution in [0.5, 0.6) is 5.75 Å². The highest BCUT2D eigenvalue weighted by Crippen LogP contribution is 2.36. The van der Waals surface area contributed by atoms with Crippen LogP contribution >= 0.6 is 0 Å². The molecule has 86 heavy (non-hydrogen) atoms. The lowest BCUT2D eigenvalue weighted by Gasteiger charge is -2.47. The van der Waals surface area contributed by atoms with Crippen molar-refractivity contribution in [2.75, 3.05) is 51.2 Å². The largest absolute Gasteiger partial charge is 0.487 e. The molecule has 32 nitrogen and oxygen atoms in total. The van der Waals surface area contributed by atoms with E-state index in [-0.39, 0.29) is 32.7 Å². The van der Waals surface area contributed by atoms with Crippen LogP contribution < -0.4 is 44.0 Å². The van der Waals surface area contributed by atoms with E-state index in [0.717, 1.165) is 67.1 Å². The Balaban J connectivity index is 0.651. The summed E-state index contributed by atoms with van der Waals surface area (Å²) in [4.78, 5) is 13.1. The third-order valence-electron chi connectivity index (χ3n) is 16.8. The minimum absolute atomic E-state index is 0.0501. The van der Waals surface area contributed by atoms with E-state index in [2.05, 4.69) is 71.0 Å². The first-order valence-corrected chi connectivity index (χ1v) is 29.3. The number of ether oxygens (including phenoxy) is 7.